The fourth-order valence-corrected chi connectivity index (χ4v) is 3.86. The molecular formula is C26H26N2O2. The summed E-state index contributed by atoms with van der Waals surface area (Å²) in [4.78, 5) is 27.2. The van der Waals surface area contributed by atoms with E-state index >= 15 is 0 Å². The van der Waals surface area contributed by atoms with E-state index in [0.29, 0.717) is 13.1 Å². The molecule has 4 nitrogen and oxygen atoms in total. The zero-order valence-corrected chi connectivity index (χ0v) is 17.2. The van der Waals surface area contributed by atoms with Crippen LogP contribution < -0.4 is 5.32 Å². The number of nitrogens with one attached hydrogen (secondary N) is 1. The van der Waals surface area contributed by atoms with Crippen LogP contribution in [0.4, 0.5) is 5.69 Å². The highest BCUT2D eigenvalue weighted by Gasteiger charge is 2.34. The monoisotopic (exact) mass is 398 g/mol. The first-order chi connectivity index (χ1) is 14.6. The molecule has 1 fully saturated rings. The van der Waals surface area contributed by atoms with Crippen LogP contribution in [-0.4, -0.2) is 23.3 Å². The summed E-state index contributed by atoms with van der Waals surface area (Å²) in [5, 5.41) is 3.07. The lowest BCUT2D eigenvalue weighted by atomic mass is 10.0. The zero-order valence-electron chi connectivity index (χ0n) is 17.2. The molecule has 1 aliphatic rings. The van der Waals surface area contributed by atoms with Crippen molar-refractivity contribution in [3.63, 3.8) is 0 Å². The van der Waals surface area contributed by atoms with Crippen molar-refractivity contribution in [1.82, 2.24) is 4.90 Å². The van der Waals surface area contributed by atoms with Crippen molar-refractivity contribution in [2.45, 2.75) is 26.3 Å². The first-order valence-corrected chi connectivity index (χ1v) is 10.3. The average molecular weight is 399 g/mol. The Labute approximate surface area is 177 Å². The third-order valence-electron chi connectivity index (χ3n) is 5.59. The van der Waals surface area contributed by atoms with Crippen LogP contribution in [0.3, 0.4) is 0 Å². The fraction of sp³-hybridized carbons (Fsp3) is 0.231. The highest BCUT2D eigenvalue weighted by atomic mass is 16.2. The van der Waals surface area contributed by atoms with Gasteiger partial charge in [-0.3, -0.25) is 9.59 Å². The number of hydrogen-bond donors (Lipinski definition) is 1. The maximum absolute atomic E-state index is 12.9. The van der Waals surface area contributed by atoms with Gasteiger partial charge in [0, 0.05) is 25.2 Å². The Bertz CT molecular complexity index is 1030. The number of benzene rings is 3. The van der Waals surface area contributed by atoms with E-state index in [4.69, 9.17) is 0 Å². The quantitative estimate of drug-likeness (QED) is 0.661. The van der Waals surface area contributed by atoms with Crippen LogP contribution in [0.5, 0.6) is 0 Å². The Morgan fingerprint density at radius 2 is 1.63 bits per heavy atom. The van der Waals surface area contributed by atoms with Crippen molar-refractivity contribution in [2.75, 3.05) is 11.9 Å². The molecule has 0 bridgehead atoms. The van der Waals surface area contributed by atoms with Crippen LogP contribution in [0, 0.1) is 12.8 Å². The number of carbonyl (C=O) groups excluding carboxylic acids is 2. The van der Waals surface area contributed by atoms with E-state index in [-0.39, 0.29) is 24.2 Å². The van der Waals surface area contributed by atoms with Gasteiger partial charge in [0.15, 0.2) is 0 Å². The van der Waals surface area contributed by atoms with Crippen LogP contribution >= 0.6 is 0 Å². The number of aryl methyl sites for hydroxylation is 1. The first-order valence-electron chi connectivity index (χ1n) is 10.3. The topological polar surface area (TPSA) is 49.4 Å². The molecule has 1 N–H and O–H groups in total. The Kier molecular flexibility index (Phi) is 5.94. The van der Waals surface area contributed by atoms with Crippen LogP contribution in [0.25, 0.3) is 0 Å². The lowest BCUT2D eigenvalue weighted by Crippen LogP contribution is -2.28. The summed E-state index contributed by atoms with van der Waals surface area (Å²) in [5.74, 6) is -0.378. The molecule has 3 aromatic rings. The van der Waals surface area contributed by atoms with Gasteiger partial charge in [-0.2, -0.15) is 0 Å². The highest BCUT2D eigenvalue weighted by Crippen LogP contribution is 2.24. The third kappa shape index (κ3) is 4.77. The first kappa shape index (κ1) is 19.9. The summed E-state index contributed by atoms with van der Waals surface area (Å²) in [6.07, 6.45) is 1.01. The Morgan fingerprint density at radius 3 is 2.40 bits per heavy atom. The van der Waals surface area contributed by atoms with Gasteiger partial charge >= 0.3 is 0 Å². The van der Waals surface area contributed by atoms with E-state index in [2.05, 4.69) is 17.4 Å². The van der Waals surface area contributed by atoms with Crippen molar-refractivity contribution in [1.29, 1.82) is 0 Å². The SMILES string of the molecule is Cc1ccc(CN2C[C@H](C(=O)Nc3ccccc3Cc3ccccc3)CC2=O)cc1. The number of nitrogens with zero attached hydrogens (tertiary/aromatic N) is 1. The van der Waals surface area contributed by atoms with E-state index in [1.54, 1.807) is 4.90 Å². The van der Waals surface area contributed by atoms with Crippen LogP contribution in [0.15, 0.2) is 78.9 Å². The molecule has 0 saturated carbocycles. The number of para-hydroxylation sites is 1. The Balaban J connectivity index is 1.41. The maximum atomic E-state index is 12.9. The molecule has 2 amide bonds. The van der Waals surface area contributed by atoms with E-state index in [0.717, 1.165) is 23.2 Å². The zero-order chi connectivity index (χ0) is 20.9. The second-order valence-corrected chi connectivity index (χ2v) is 7.97. The molecule has 1 heterocycles. The molecule has 0 unspecified atom stereocenters. The van der Waals surface area contributed by atoms with E-state index in [9.17, 15) is 9.59 Å². The molecule has 0 aromatic heterocycles. The van der Waals surface area contributed by atoms with Gasteiger partial charge in [-0.15, -0.1) is 0 Å². The summed E-state index contributed by atoms with van der Waals surface area (Å²) in [5.41, 5.74) is 5.36. The van der Waals surface area contributed by atoms with Crippen molar-refractivity contribution < 1.29 is 9.59 Å². The molecule has 0 radical (unpaired) electrons. The number of hydrogen-bond acceptors (Lipinski definition) is 2. The third-order valence-corrected chi connectivity index (χ3v) is 5.59. The minimum absolute atomic E-state index is 0.0355. The largest absolute Gasteiger partial charge is 0.338 e. The summed E-state index contributed by atoms with van der Waals surface area (Å²) >= 11 is 0. The predicted molar refractivity (Wildman–Crippen MR) is 119 cm³/mol. The number of rotatable bonds is 6. The molecule has 30 heavy (non-hydrogen) atoms. The average Bonchev–Trinajstić information content (AvgIpc) is 3.12. The van der Waals surface area contributed by atoms with E-state index < -0.39 is 0 Å². The van der Waals surface area contributed by atoms with Gasteiger partial charge in [0.25, 0.3) is 0 Å². The Hall–Kier alpha value is -3.40. The summed E-state index contributed by atoms with van der Waals surface area (Å²) in [6.45, 7) is 3.05. The van der Waals surface area contributed by atoms with Gasteiger partial charge in [0.05, 0.1) is 5.92 Å². The summed E-state index contributed by atoms with van der Waals surface area (Å²) in [7, 11) is 0. The van der Waals surface area contributed by atoms with Crippen LogP contribution in [0.2, 0.25) is 0 Å². The maximum Gasteiger partial charge on any atom is 0.229 e. The molecule has 1 aliphatic heterocycles. The predicted octanol–water partition coefficient (Wildman–Crippen LogP) is 4.57. The number of likely N-dealkylation sites (tertiary alicyclic amines) is 1. The van der Waals surface area contributed by atoms with E-state index in [1.807, 2.05) is 73.7 Å². The standard InChI is InChI=1S/C26H26N2O2/c1-19-11-13-21(14-12-19)17-28-18-23(16-25(28)29)26(30)27-24-10-6-5-9-22(24)15-20-7-3-2-4-8-20/h2-14,23H,15-18H2,1H3,(H,27,30)/t23-/m1/s1. The molecule has 1 saturated heterocycles. The second-order valence-electron chi connectivity index (χ2n) is 7.97. The van der Waals surface area contributed by atoms with Gasteiger partial charge in [0.2, 0.25) is 11.8 Å². The minimum Gasteiger partial charge on any atom is -0.338 e. The lowest BCUT2D eigenvalue weighted by molar-refractivity contribution is -0.128. The summed E-state index contributed by atoms with van der Waals surface area (Å²) < 4.78 is 0. The minimum atomic E-state index is -0.326. The second kappa shape index (κ2) is 8.95. The van der Waals surface area contributed by atoms with Gasteiger partial charge < -0.3 is 10.2 Å². The lowest BCUT2D eigenvalue weighted by Gasteiger charge is -2.17. The smallest absolute Gasteiger partial charge is 0.229 e. The van der Waals surface area contributed by atoms with Gasteiger partial charge in [-0.25, -0.2) is 0 Å². The molecular weight excluding hydrogens is 372 g/mol. The molecule has 152 valence electrons. The molecule has 4 rings (SSSR count). The number of carbonyl (C=O) groups is 2. The van der Waals surface area contributed by atoms with Crippen molar-refractivity contribution in [3.8, 4) is 0 Å². The van der Waals surface area contributed by atoms with Gasteiger partial charge in [0.1, 0.15) is 0 Å². The van der Waals surface area contributed by atoms with Crippen molar-refractivity contribution in [3.05, 3.63) is 101 Å². The molecule has 1 atom stereocenters. The number of amides is 2. The van der Waals surface area contributed by atoms with Crippen LogP contribution in [-0.2, 0) is 22.6 Å². The Morgan fingerprint density at radius 1 is 0.933 bits per heavy atom. The molecule has 4 heteroatoms. The normalized spacial score (nSPS) is 16.0. The van der Waals surface area contributed by atoms with Gasteiger partial charge in [-0.05, 0) is 36.1 Å². The van der Waals surface area contributed by atoms with Gasteiger partial charge in [-0.1, -0.05) is 78.4 Å². The summed E-state index contributed by atoms with van der Waals surface area (Å²) in [6, 6.07) is 26.2. The molecule has 0 spiro atoms. The van der Waals surface area contributed by atoms with Crippen molar-refractivity contribution >= 4 is 17.5 Å². The van der Waals surface area contributed by atoms with Crippen molar-refractivity contribution in [2.24, 2.45) is 5.92 Å². The fourth-order valence-electron chi connectivity index (χ4n) is 3.86. The molecule has 3 aromatic carbocycles. The van der Waals surface area contributed by atoms with E-state index in [1.165, 1.54) is 11.1 Å². The number of anilines is 1. The molecule has 0 aliphatic carbocycles. The van der Waals surface area contributed by atoms with Crippen LogP contribution in [0.1, 0.15) is 28.7 Å². The highest BCUT2D eigenvalue weighted by molar-refractivity contribution is 5.97.